The van der Waals surface area contributed by atoms with Crippen LogP contribution in [0.15, 0.2) is 30.3 Å². The van der Waals surface area contributed by atoms with Gasteiger partial charge in [-0.05, 0) is 40.1 Å². The molecule has 0 spiro atoms. The lowest BCUT2D eigenvalue weighted by atomic mass is 10.2. The Labute approximate surface area is 126 Å². The second-order valence-corrected chi connectivity index (χ2v) is 5.41. The summed E-state index contributed by atoms with van der Waals surface area (Å²) in [4.78, 5) is 11.0. The van der Waals surface area contributed by atoms with E-state index in [1.54, 1.807) is 0 Å². The monoisotopic (exact) mass is 285 g/mol. The smallest absolute Gasteiger partial charge is 0.136 e. The van der Waals surface area contributed by atoms with E-state index in [-0.39, 0.29) is 0 Å². The molecule has 0 saturated heterocycles. The van der Waals surface area contributed by atoms with Gasteiger partial charge in [-0.1, -0.05) is 17.7 Å². The summed E-state index contributed by atoms with van der Waals surface area (Å²) >= 11 is 0. The predicted octanol–water partition coefficient (Wildman–Crippen LogP) is 2.81. The summed E-state index contributed by atoms with van der Waals surface area (Å²) in [5.41, 5.74) is 2.27. The van der Waals surface area contributed by atoms with Gasteiger partial charge in [0.1, 0.15) is 17.5 Å². The first-order valence-corrected chi connectivity index (χ1v) is 7.11. The maximum atomic E-state index is 4.42. The van der Waals surface area contributed by atoms with Crippen molar-refractivity contribution < 1.29 is 0 Å². The highest BCUT2D eigenvalue weighted by Crippen LogP contribution is 2.17. The summed E-state index contributed by atoms with van der Waals surface area (Å²) < 4.78 is 0. The van der Waals surface area contributed by atoms with E-state index in [0.29, 0.717) is 0 Å². The van der Waals surface area contributed by atoms with Gasteiger partial charge in [0.25, 0.3) is 0 Å². The first kappa shape index (κ1) is 15.3. The third-order valence-electron chi connectivity index (χ3n) is 3.03. The highest BCUT2D eigenvalue weighted by atomic mass is 15.1. The number of rotatable bonds is 6. The van der Waals surface area contributed by atoms with Gasteiger partial charge in [-0.2, -0.15) is 0 Å². The average Bonchev–Trinajstić information content (AvgIpc) is 2.40. The predicted molar refractivity (Wildman–Crippen MR) is 88.3 cm³/mol. The molecule has 5 heteroatoms. The average molecular weight is 285 g/mol. The van der Waals surface area contributed by atoms with E-state index < -0.39 is 0 Å². The minimum atomic E-state index is 0.750. The van der Waals surface area contributed by atoms with E-state index in [1.165, 1.54) is 5.56 Å². The summed E-state index contributed by atoms with van der Waals surface area (Å²) in [6, 6.07) is 10.2. The van der Waals surface area contributed by atoms with Gasteiger partial charge >= 0.3 is 0 Å². The van der Waals surface area contributed by atoms with Crippen molar-refractivity contribution in [3.05, 3.63) is 41.7 Å². The van der Waals surface area contributed by atoms with E-state index >= 15 is 0 Å². The Hall–Kier alpha value is -2.14. The number of aryl methyl sites for hydroxylation is 2. The molecule has 0 radical (unpaired) electrons. The molecule has 0 aliphatic rings. The van der Waals surface area contributed by atoms with Gasteiger partial charge in [-0.3, -0.25) is 0 Å². The van der Waals surface area contributed by atoms with Crippen LogP contribution in [-0.2, 0) is 0 Å². The summed E-state index contributed by atoms with van der Waals surface area (Å²) in [5.74, 6) is 2.40. The van der Waals surface area contributed by atoms with Gasteiger partial charge in [0.2, 0.25) is 0 Å². The molecule has 21 heavy (non-hydrogen) atoms. The molecule has 2 rings (SSSR count). The van der Waals surface area contributed by atoms with Crippen molar-refractivity contribution in [1.29, 1.82) is 0 Å². The minimum Gasteiger partial charge on any atom is -0.369 e. The quantitative estimate of drug-likeness (QED) is 0.855. The van der Waals surface area contributed by atoms with E-state index in [4.69, 9.17) is 0 Å². The normalized spacial score (nSPS) is 10.7. The molecule has 0 bridgehead atoms. The van der Waals surface area contributed by atoms with Crippen LogP contribution in [0.25, 0.3) is 0 Å². The summed E-state index contributed by atoms with van der Waals surface area (Å²) in [6.45, 7) is 5.79. The Kier molecular flexibility index (Phi) is 5.11. The standard InChI is InChI=1S/C16H23N5/c1-12-5-7-14(8-6-12)20-16-11-15(18-13(2)19-16)17-9-10-21(3)4/h5-8,11H,9-10H2,1-4H3,(H2,17,18,19,20). The Morgan fingerprint density at radius 1 is 1.00 bits per heavy atom. The summed E-state index contributed by atoms with van der Waals surface area (Å²) in [5, 5.41) is 6.63. The van der Waals surface area contributed by atoms with Crippen molar-refractivity contribution >= 4 is 17.3 Å². The number of aromatic nitrogens is 2. The molecule has 1 heterocycles. The van der Waals surface area contributed by atoms with Crippen molar-refractivity contribution in [1.82, 2.24) is 14.9 Å². The molecule has 0 atom stereocenters. The zero-order valence-electron chi connectivity index (χ0n) is 13.1. The lowest BCUT2D eigenvalue weighted by molar-refractivity contribution is 0.425. The van der Waals surface area contributed by atoms with Crippen LogP contribution in [-0.4, -0.2) is 42.1 Å². The molecule has 0 fully saturated rings. The van der Waals surface area contributed by atoms with Gasteiger partial charge in [0.15, 0.2) is 0 Å². The number of benzene rings is 1. The van der Waals surface area contributed by atoms with E-state index in [9.17, 15) is 0 Å². The molecule has 2 aromatic rings. The van der Waals surface area contributed by atoms with Crippen LogP contribution < -0.4 is 10.6 Å². The molecule has 2 N–H and O–H groups in total. The molecule has 0 aliphatic carbocycles. The minimum absolute atomic E-state index is 0.750. The Morgan fingerprint density at radius 3 is 2.33 bits per heavy atom. The van der Waals surface area contributed by atoms with Crippen LogP contribution in [0.4, 0.5) is 17.3 Å². The Morgan fingerprint density at radius 2 is 1.67 bits per heavy atom. The van der Waals surface area contributed by atoms with Crippen molar-refractivity contribution in [3.63, 3.8) is 0 Å². The first-order valence-electron chi connectivity index (χ1n) is 7.11. The van der Waals surface area contributed by atoms with Gasteiger partial charge < -0.3 is 15.5 Å². The molecule has 5 nitrogen and oxygen atoms in total. The lowest BCUT2D eigenvalue weighted by Crippen LogP contribution is -2.21. The topological polar surface area (TPSA) is 53.1 Å². The van der Waals surface area contributed by atoms with Crippen LogP contribution in [0.3, 0.4) is 0 Å². The number of anilines is 3. The van der Waals surface area contributed by atoms with Crippen molar-refractivity contribution in [2.45, 2.75) is 13.8 Å². The maximum absolute atomic E-state index is 4.42. The molecule has 0 aliphatic heterocycles. The number of hydrogen-bond acceptors (Lipinski definition) is 5. The fraction of sp³-hybridized carbons (Fsp3) is 0.375. The van der Waals surface area contributed by atoms with Crippen LogP contribution in [0, 0.1) is 13.8 Å². The molecule has 1 aromatic carbocycles. The lowest BCUT2D eigenvalue weighted by Gasteiger charge is -2.12. The molecule has 112 valence electrons. The van der Waals surface area contributed by atoms with Crippen molar-refractivity contribution in [2.75, 3.05) is 37.8 Å². The number of nitrogens with zero attached hydrogens (tertiary/aromatic N) is 3. The maximum Gasteiger partial charge on any atom is 0.136 e. The second kappa shape index (κ2) is 7.04. The Balaban J connectivity index is 2.05. The molecule has 0 unspecified atom stereocenters. The first-order chi connectivity index (χ1) is 10.0. The third kappa shape index (κ3) is 5.04. The van der Waals surface area contributed by atoms with Crippen molar-refractivity contribution in [2.24, 2.45) is 0 Å². The van der Waals surface area contributed by atoms with Crippen LogP contribution in [0.5, 0.6) is 0 Å². The van der Waals surface area contributed by atoms with E-state index in [1.807, 2.05) is 25.1 Å². The number of likely N-dealkylation sites (N-methyl/N-ethyl adjacent to an activating group) is 1. The largest absolute Gasteiger partial charge is 0.369 e. The molecular formula is C16H23N5. The molecule has 0 saturated carbocycles. The van der Waals surface area contributed by atoms with Gasteiger partial charge in [0.05, 0.1) is 0 Å². The fourth-order valence-corrected chi connectivity index (χ4v) is 1.91. The molecule has 1 aromatic heterocycles. The number of nitrogens with one attached hydrogen (secondary N) is 2. The zero-order valence-corrected chi connectivity index (χ0v) is 13.1. The summed E-state index contributed by atoms with van der Waals surface area (Å²) in [7, 11) is 4.11. The molecular weight excluding hydrogens is 262 g/mol. The Bertz CT molecular complexity index is 578. The third-order valence-corrected chi connectivity index (χ3v) is 3.03. The van der Waals surface area contributed by atoms with Gasteiger partial charge in [-0.25, -0.2) is 9.97 Å². The highest BCUT2D eigenvalue weighted by molar-refractivity contribution is 5.59. The fourth-order valence-electron chi connectivity index (χ4n) is 1.91. The van der Waals surface area contributed by atoms with Crippen LogP contribution in [0.2, 0.25) is 0 Å². The van der Waals surface area contributed by atoms with Crippen LogP contribution in [0.1, 0.15) is 11.4 Å². The van der Waals surface area contributed by atoms with Gasteiger partial charge in [-0.15, -0.1) is 0 Å². The van der Waals surface area contributed by atoms with Gasteiger partial charge in [0, 0.05) is 24.8 Å². The van der Waals surface area contributed by atoms with Crippen LogP contribution >= 0.6 is 0 Å². The van der Waals surface area contributed by atoms with E-state index in [2.05, 4.69) is 58.7 Å². The zero-order chi connectivity index (χ0) is 15.2. The summed E-state index contributed by atoms with van der Waals surface area (Å²) in [6.07, 6.45) is 0. The SMILES string of the molecule is Cc1ccc(Nc2cc(NCCN(C)C)nc(C)n2)cc1. The van der Waals surface area contributed by atoms with Crippen molar-refractivity contribution in [3.8, 4) is 0 Å². The second-order valence-electron chi connectivity index (χ2n) is 5.41. The van der Waals surface area contributed by atoms with E-state index in [0.717, 1.165) is 36.2 Å². The molecule has 0 amide bonds. The highest BCUT2D eigenvalue weighted by Gasteiger charge is 2.02. The number of hydrogen-bond donors (Lipinski definition) is 2.